The lowest BCUT2D eigenvalue weighted by Crippen LogP contribution is -2.22. The fourth-order valence-electron chi connectivity index (χ4n) is 1.79. The molecule has 19 heavy (non-hydrogen) atoms. The van der Waals surface area contributed by atoms with Gasteiger partial charge in [-0.1, -0.05) is 0 Å². The SMILES string of the molecule is O=c1cc(COC2CCCCO2)occ1OCCO. The van der Waals surface area contributed by atoms with Gasteiger partial charge in [-0.05, 0) is 19.3 Å². The summed E-state index contributed by atoms with van der Waals surface area (Å²) in [5.74, 6) is 0.516. The van der Waals surface area contributed by atoms with E-state index in [1.807, 2.05) is 0 Å². The van der Waals surface area contributed by atoms with E-state index in [9.17, 15) is 4.79 Å². The van der Waals surface area contributed by atoms with Crippen molar-refractivity contribution in [3.63, 3.8) is 0 Å². The minimum atomic E-state index is -0.289. The summed E-state index contributed by atoms with van der Waals surface area (Å²) in [5, 5.41) is 8.61. The van der Waals surface area contributed by atoms with Gasteiger partial charge in [0.25, 0.3) is 0 Å². The van der Waals surface area contributed by atoms with Gasteiger partial charge in [0, 0.05) is 12.7 Å². The Labute approximate surface area is 110 Å². The number of aliphatic hydroxyl groups excluding tert-OH is 1. The smallest absolute Gasteiger partial charge is 0.227 e. The van der Waals surface area contributed by atoms with Crippen LogP contribution in [0.5, 0.6) is 5.75 Å². The summed E-state index contributed by atoms with van der Waals surface area (Å²) in [6.07, 6.45) is 4.03. The van der Waals surface area contributed by atoms with Gasteiger partial charge in [-0.25, -0.2) is 0 Å². The van der Waals surface area contributed by atoms with Gasteiger partial charge in [-0.15, -0.1) is 0 Å². The second-order valence-corrected chi connectivity index (χ2v) is 4.25. The molecular formula is C13H18O6. The van der Waals surface area contributed by atoms with Crippen LogP contribution >= 0.6 is 0 Å². The topological polar surface area (TPSA) is 78.1 Å². The highest BCUT2D eigenvalue weighted by Crippen LogP contribution is 2.15. The van der Waals surface area contributed by atoms with Gasteiger partial charge in [0.05, 0.1) is 6.61 Å². The minimum Gasteiger partial charge on any atom is -0.484 e. The van der Waals surface area contributed by atoms with Crippen molar-refractivity contribution in [3.8, 4) is 5.75 Å². The van der Waals surface area contributed by atoms with Gasteiger partial charge < -0.3 is 23.7 Å². The van der Waals surface area contributed by atoms with E-state index in [1.54, 1.807) is 0 Å². The zero-order chi connectivity index (χ0) is 13.5. The van der Waals surface area contributed by atoms with Gasteiger partial charge in [0.1, 0.15) is 25.2 Å². The van der Waals surface area contributed by atoms with Crippen molar-refractivity contribution in [3.05, 3.63) is 28.3 Å². The van der Waals surface area contributed by atoms with Crippen molar-refractivity contribution >= 4 is 0 Å². The normalized spacial score (nSPS) is 19.3. The van der Waals surface area contributed by atoms with Crippen LogP contribution in [0.4, 0.5) is 0 Å². The molecule has 0 spiro atoms. The summed E-state index contributed by atoms with van der Waals surface area (Å²) in [6, 6.07) is 1.33. The summed E-state index contributed by atoms with van der Waals surface area (Å²) in [5.41, 5.74) is -0.289. The molecule has 106 valence electrons. The Morgan fingerprint density at radius 1 is 1.42 bits per heavy atom. The Kier molecular flexibility index (Phi) is 5.38. The molecule has 2 rings (SSSR count). The highest BCUT2D eigenvalue weighted by molar-refractivity contribution is 5.17. The molecule has 1 aromatic rings. The zero-order valence-corrected chi connectivity index (χ0v) is 10.7. The third kappa shape index (κ3) is 4.34. The standard InChI is InChI=1S/C13H18O6/c14-4-6-16-12-9-18-10(7-11(12)15)8-19-13-3-1-2-5-17-13/h7,9,13-14H,1-6,8H2. The van der Waals surface area contributed by atoms with Crippen LogP contribution in [0.3, 0.4) is 0 Å². The number of hydrogen-bond donors (Lipinski definition) is 1. The van der Waals surface area contributed by atoms with E-state index in [2.05, 4.69) is 0 Å². The molecule has 0 radical (unpaired) electrons. The maximum Gasteiger partial charge on any atom is 0.227 e. The van der Waals surface area contributed by atoms with Crippen molar-refractivity contribution in [1.29, 1.82) is 0 Å². The van der Waals surface area contributed by atoms with Crippen LogP contribution in [0.1, 0.15) is 25.0 Å². The molecule has 0 aliphatic carbocycles. The fraction of sp³-hybridized carbons (Fsp3) is 0.615. The van der Waals surface area contributed by atoms with Gasteiger partial charge in [0.2, 0.25) is 11.2 Å². The predicted molar refractivity (Wildman–Crippen MR) is 65.9 cm³/mol. The number of hydrogen-bond acceptors (Lipinski definition) is 6. The molecule has 1 unspecified atom stereocenters. The van der Waals surface area contributed by atoms with Gasteiger partial charge in [0.15, 0.2) is 6.29 Å². The number of aliphatic hydroxyl groups is 1. The number of ether oxygens (including phenoxy) is 3. The maximum atomic E-state index is 11.6. The second kappa shape index (κ2) is 7.28. The predicted octanol–water partition coefficient (Wildman–Crippen LogP) is 1.05. The summed E-state index contributed by atoms with van der Waals surface area (Å²) in [7, 11) is 0. The Morgan fingerprint density at radius 3 is 3.00 bits per heavy atom. The van der Waals surface area contributed by atoms with Crippen molar-refractivity contribution in [1.82, 2.24) is 0 Å². The van der Waals surface area contributed by atoms with Crippen LogP contribution in [-0.2, 0) is 16.1 Å². The maximum absolute atomic E-state index is 11.6. The molecule has 1 aromatic heterocycles. The molecule has 1 atom stereocenters. The summed E-state index contributed by atoms with van der Waals surface area (Å²) in [6.45, 7) is 0.822. The average Bonchev–Trinajstić information content (AvgIpc) is 2.45. The molecule has 2 heterocycles. The van der Waals surface area contributed by atoms with Crippen LogP contribution < -0.4 is 10.2 Å². The lowest BCUT2D eigenvalue weighted by atomic mass is 10.2. The monoisotopic (exact) mass is 270 g/mol. The van der Waals surface area contributed by atoms with Crippen LogP contribution in [0.25, 0.3) is 0 Å². The molecule has 1 aliphatic heterocycles. The van der Waals surface area contributed by atoms with E-state index in [-0.39, 0.29) is 37.3 Å². The van der Waals surface area contributed by atoms with Crippen molar-refractivity contribution in [2.45, 2.75) is 32.2 Å². The van der Waals surface area contributed by atoms with Crippen LogP contribution in [0.2, 0.25) is 0 Å². The first-order chi connectivity index (χ1) is 9.29. The Morgan fingerprint density at radius 2 is 2.32 bits per heavy atom. The fourth-order valence-corrected chi connectivity index (χ4v) is 1.79. The molecule has 1 aliphatic rings. The van der Waals surface area contributed by atoms with E-state index in [0.29, 0.717) is 12.4 Å². The van der Waals surface area contributed by atoms with Gasteiger partial charge >= 0.3 is 0 Å². The molecule has 1 fully saturated rings. The van der Waals surface area contributed by atoms with E-state index in [4.69, 9.17) is 23.7 Å². The lowest BCUT2D eigenvalue weighted by molar-refractivity contribution is -0.171. The van der Waals surface area contributed by atoms with Gasteiger partial charge in [-0.2, -0.15) is 0 Å². The summed E-state index contributed by atoms with van der Waals surface area (Å²) in [4.78, 5) is 11.6. The summed E-state index contributed by atoms with van der Waals surface area (Å²) >= 11 is 0. The van der Waals surface area contributed by atoms with E-state index < -0.39 is 0 Å². The van der Waals surface area contributed by atoms with E-state index >= 15 is 0 Å². The van der Waals surface area contributed by atoms with Crippen molar-refractivity contribution in [2.75, 3.05) is 19.8 Å². The third-order valence-electron chi connectivity index (χ3n) is 2.75. The third-order valence-corrected chi connectivity index (χ3v) is 2.75. The van der Waals surface area contributed by atoms with E-state index in [1.165, 1.54) is 12.3 Å². The molecular weight excluding hydrogens is 252 g/mol. The molecule has 0 aromatic carbocycles. The molecule has 0 saturated carbocycles. The Balaban J connectivity index is 1.86. The van der Waals surface area contributed by atoms with Crippen molar-refractivity contribution in [2.24, 2.45) is 0 Å². The molecule has 6 nitrogen and oxygen atoms in total. The van der Waals surface area contributed by atoms with Gasteiger partial charge in [-0.3, -0.25) is 4.79 Å². The minimum absolute atomic E-state index is 0.0660. The molecule has 1 N–H and O–H groups in total. The molecule has 1 saturated heterocycles. The van der Waals surface area contributed by atoms with Crippen LogP contribution in [-0.4, -0.2) is 31.2 Å². The average molecular weight is 270 g/mol. The molecule has 6 heteroatoms. The quantitative estimate of drug-likeness (QED) is 0.832. The zero-order valence-electron chi connectivity index (χ0n) is 10.7. The van der Waals surface area contributed by atoms with Crippen molar-refractivity contribution < 1.29 is 23.7 Å². The lowest BCUT2D eigenvalue weighted by Gasteiger charge is -2.22. The first kappa shape index (κ1) is 14.0. The highest BCUT2D eigenvalue weighted by atomic mass is 16.7. The largest absolute Gasteiger partial charge is 0.484 e. The van der Waals surface area contributed by atoms with E-state index in [0.717, 1.165) is 19.3 Å². The van der Waals surface area contributed by atoms with Crippen LogP contribution in [0, 0.1) is 0 Å². The summed E-state index contributed by atoms with van der Waals surface area (Å²) < 4.78 is 21.2. The number of rotatable bonds is 6. The first-order valence-electron chi connectivity index (χ1n) is 6.38. The highest BCUT2D eigenvalue weighted by Gasteiger charge is 2.15. The Hall–Kier alpha value is -1.37. The first-order valence-corrected chi connectivity index (χ1v) is 6.38. The molecule has 0 amide bonds. The Bertz CT molecular complexity index is 435. The van der Waals surface area contributed by atoms with Crippen LogP contribution in [0.15, 0.2) is 21.5 Å². The second-order valence-electron chi connectivity index (χ2n) is 4.25. The molecule has 0 bridgehead atoms.